The molecule has 1 aliphatic carbocycles. The smallest absolute Gasteiger partial charge is 0.248 e. The fourth-order valence-corrected chi connectivity index (χ4v) is 2.95. The maximum Gasteiger partial charge on any atom is 0.248 e. The lowest BCUT2D eigenvalue weighted by Gasteiger charge is -2.28. The molecule has 0 atom stereocenters. The minimum atomic E-state index is -2.49. The molecule has 1 heterocycles. The Labute approximate surface area is 114 Å². The summed E-state index contributed by atoms with van der Waals surface area (Å²) in [6.45, 7) is 4.13. The van der Waals surface area contributed by atoms with E-state index in [0.29, 0.717) is 18.2 Å². The molecule has 18 heavy (non-hydrogen) atoms. The molecule has 3 nitrogen and oxygen atoms in total. The first-order chi connectivity index (χ1) is 8.44. The highest BCUT2D eigenvalue weighted by Gasteiger charge is 2.37. The number of halogens is 3. The first kappa shape index (κ1) is 13.9. The predicted octanol–water partition coefficient (Wildman–Crippen LogP) is 4.05. The molecule has 0 aliphatic heterocycles. The Kier molecular flexibility index (Phi) is 4.04. The molecule has 102 valence electrons. The monoisotopic (exact) mass is 321 g/mol. The molecule has 0 bridgehead atoms. The van der Waals surface area contributed by atoms with Gasteiger partial charge in [-0.3, -0.25) is 0 Å². The lowest BCUT2D eigenvalue weighted by atomic mass is 9.86. The summed E-state index contributed by atoms with van der Waals surface area (Å²) in [6, 6.07) is 0.255. The molecule has 2 rings (SSSR count). The second kappa shape index (κ2) is 5.23. The SMILES string of the molecule is CC(C)n1c(CBr)nnc1C1CCC(F)(F)CC1. The first-order valence-electron chi connectivity index (χ1n) is 6.32. The van der Waals surface area contributed by atoms with Crippen LogP contribution in [-0.4, -0.2) is 20.7 Å². The second-order valence-corrected chi connectivity index (χ2v) is 5.76. The predicted molar refractivity (Wildman–Crippen MR) is 69.2 cm³/mol. The number of nitrogens with zero attached hydrogens (tertiary/aromatic N) is 3. The van der Waals surface area contributed by atoms with E-state index in [0.717, 1.165) is 11.6 Å². The Morgan fingerprint density at radius 1 is 1.33 bits per heavy atom. The standard InChI is InChI=1S/C12H18BrF2N3/c1-8(2)18-10(7-13)16-17-11(18)9-3-5-12(14,15)6-4-9/h8-9H,3-7H2,1-2H3. The van der Waals surface area contributed by atoms with Crippen molar-refractivity contribution in [2.75, 3.05) is 0 Å². The summed E-state index contributed by atoms with van der Waals surface area (Å²) in [7, 11) is 0. The zero-order valence-electron chi connectivity index (χ0n) is 10.7. The molecule has 0 radical (unpaired) electrons. The summed E-state index contributed by atoms with van der Waals surface area (Å²) in [5.41, 5.74) is 0. The molecule has 0 N–H and O–H groups in total. The van der Waals surface area contributed by atoms with Gasteiger partial charge in [0, 0.05) is 24.8 Å². The van der Waals surface area contributed by atoms with E-state index < -0.39 is 5.92 Å². The van der Waals surface area contributed by atoms with Crippen LogP contribution in [0.1, 0.15) is 63.1 Å². The molecule has 0 unspecified atom stereocenters. The van der Waals surface area contributed by atoms with Crippen LogP contribution < -0.4 is 0 Å². The third-order valence-electron chi connectivity index (χ3n) is 3.51. The van der Waals surface area contributed by atoms with Crippen molar-refractivity contribution in [2.24, 2.45) is 0 Å². The van der Waals surface area contributed by atoms with Gasteiger partial charge in [0.15, 0.2) is 0 Å². The minimum Gasteiger partial charge on any atom is -0.311 e. The maximum absolute atomic E-state index is 13.2. The third kappa shape index (κ3) is 2.73. The molecule has 0 amide bonds. The van der Waals surface area contributed by atoms with Crippen molar-refractivity contribution in [3.05, 3.63) is 11.6 Å². The fraction of sp³-hybridized carbons (Fsp3) is 0.833. The van der Waals surface area contributed by atoms with Crippen LogP contribution in [0.5, 0.6) is 0 Å². The van der Waals surface area contributed by atoms with Gasteiger partial charge in [-0.25, -0.2) is 8.78 Å². The topological polar surface area (TPSA) is 30.7 Å². The van der Waals surface area contributed by atoms with Crippen LogP contribution in [0, 0.1) is 0 Å². The summed E-state index contributed by atoms with van der Waals surface area (Å²) >= 11 is 3.39. The molecular formula is C12H18BrF2N3. The van der Waals surface area contributed by atoms with Crippen molar-refractivity contribution in [3.63, 3.8) is 0 Å². The highest BCUT2D eigenvalue weighted by atomic mass is 79.9. The van der Waals surface area contributed by atoms with E-state index in [1.165, 1.54) is 0 Å². The van der Waals surface area contributed by atoms with Crippen molar-refractivity contribution in [3.8, 4) is 0 Å². The van der Waals surface area contributed by atoms with Gasteiger partial charge >= 0.3 is 0 Å². The molecule has 6 heteroatoms. The highest BCUT2D eigenvalue weighted by Crippen LogP contribution is 2.40. The second-order valence-electron chi connectivity index (χ2n) is 5.20. The van der Waals surface area contributed by atoms with Gasteiger partial charge in [0.25, 0.3) is 0 Å². The van der Waals surface area contributed by atoms with Crippen molar-refractivity contribution in [1.29, 1.82) is 0 Å². The van der Waals surface area contributed by atoms with Gasteiger partial charge in [0.05, 0.1) is 5.33 Å². The molecule has 0 aromatic carbocycles. The number of rotatable bonds is 3. The quantitative estimate of drug-likeness (QED) is 0.786. The Morgan fingerprint density at radius 2 is 1.94 bits per heavy atom. The summed E-state index contributed by atoms with van der Waals surface area (Å²) in [5, 5.41) is 9.00. The Balaban J connectivity index is 2.21. The van der Waals surface area contributed by atoms with E-state index in [9.17, 15) is 8.78 Å². The van der Waals surface area contributed by atoms with Crippen LogP contribution in [-0.2, 0) is 5.33 Å². The van der Waals surface area contributed by atoms with E-state index in [1.54, 1.807) is 0 Å². The summed E-state index contributed by atoms with van der Waals surface area (Å²) in [4.78, 5) is 0. The van der Waals surface area contributed by atoms with Gasteiger partial charge in [-0.15, -0.1) is 10.2 Å². The van der Waals surface area contributed by atoms with E-state index in [4.69, 9.17) is 0 Å². The molecule has 1 fully saturated rings. The highest BCUT2D eigenvalue weighted by molar-refractivity contribution is 9.08. The van der Waals surface area contributed by atoms with Crippen LogP contribution in [0.3, 0.4) is 0 Å². The van der Waals surface area contributed by atoms with E-state index >= 15 is 0 Å². The van der Waals surface area contributed by atoms with Crippen molar-refractivity contribution >= 4 is 15.9 Å². The molecular weight excluding hydrogens is 304 g/mol. The van der Waals surface area contributed by atoms with Gasteiger partial charge < -0.3 is 4.57 Å². The maximum atomic E-state index is 13.2. The number of alkyl halides is 3. The van der Waals surface area contributed by atoms with E-state index in [1.807, 2.05) is 0 Å². The Hall–Kier alpha value is -0.520. The molecule has 0 saturated heterocycles. The molecule has 1 aliphatic rings. The van der Waals surface area contributed by atoms with Gasteiger partial charge in [0.2, 0.25) is 5.92 Å². The molecule has 1 aromatic rings. The van der Waals surface area contributed by atoms with Gasteiger partial charge in [-0.2, -0.15) is 0 Å². The number of hydrogen-bond acceptors (Lipinski definition) is 2. The number of hydrogen-bond donors (Lipinski definition) is 0. The summed E-state index contributed by atoms with van der Waals surface area (Å²) in [5.74, 6) is -0.628. The van der Waals surface area contributed by atoms with E-state index in [2.05, 4.69) is 44.5 Å². The van der Waals surface area contributed by atoms with Crippen molar-refractivity contribution < 1.29 is 8.78 Å². The normalized spacial score (nSPS) is 20.6. The molecule has 0 spiro atoms. The van der Waals surface area contributed by atoms with Crippen molar-refractivity contribution in [2.45, 2.75) is 62.7 Å². The Morgan fingerprint density at radius 3 is 2.44 bits per heavy atom. The minimum absolute atomic E-state index is 0.0354. The van der Waals surface area contributed by atoms with Crippen LogP contribution in [0.15, 0.2) is 0 Å². The average Bonchev–Trinajstić information content (AvgIpc) is 2.72. The first-order valence-corrected chi connectivity index (χ1v) is 7.44. The van der Waals surface area contributed by atoms with Crippen molar-refractivity contribution in [1.82, 2.24) is 14.8 Å². The van der Waals surface area contributed by atoms with Gasteiger partial charge in [0.1, 0.15) is 11.6 Å². The lowest BCUT2D eigenvalue weighted by molar-refractivity contribution is -0.0390. The van der Waals surface area contributed by atoms with E-state index in [-0.39, 0.29) is 24.8 Å². The number of aromatic nitrogens is 3. The summed E-state index contributed by atoms with van der Waals surface area (Å²) in [6.07, 6.45) is 0.929. The summed E-state index contributed by atoms with van der Waals surface area (Å²) < 4.78 is 28.4. The third-order valence-corrected chi connectivity index (χ3v) is 4.01. The zero-order chi connectivity index (χ0) is 13.3. The lowest BCUT2D eigenvalue weighted by Crippen LogP contribution is -2.25. The fourth-order valence-electron chi connectivity index (χ4n) is 2.57. The van der Waals surface area contributed by atoms with Crippen LogP contribution in [0.4, 0.5) is 8.78 Å². The zero-order valence-corrected chi connectivity index (χ0v) is 12.3. The van der Waals surface area contributed by atoms with Gasteiger partial charge in [-0.1, -0.05) is 15.9 Å². The van der Waals surface area contributed by atoms with Gasteiger partial charge in [-0.05, 0) is 26.7 Å². The largest absolute Gasteiger partial charge is 0.311 e. The molecule has 1 saturated carbocycles. The molecule has 1 aromatic heterocycles. The Bertz CT molecular complexity index is 407. The average molecular weight is 322 g/mol. The van der Waals surface area contributed by atoms with Crippen LogP contribution >= 0.6 is 15.9 Å². The van der Waals surface area contributed by atoms with Crippen LogP contribution in [0.25, 0.3) is 0 Å². The van der Waals surface area contributed by atoms with Crippen LogP contribution in [0.2, 0.25) is 0 Å².